The van der Waals surface area contributed by atoms with E-state index in [1.165, 1.54) is 10.4 Å². The molecule has 2 aromatic heterocycles. The van der Waals surface area contributed by atoms with Gasteiger partial charge < -0.3 is 5.32 Å². The van der Waals surface area contributed by atoms with E-state index in [1.54, 1.807) is 17.1 Å². The molecule has 0 spiro atoms. The lowest BCUT2D eigenvalue weighted by Crippen LogP contribution is -2.38. The van der Waals surface area contributed by atoms with Crippen molar-refractivity contribution in [2.75, 3.05) is 24.6 Å². The highest BCUT2D eigenvalue weighted by atomic mass is 32.2. The normalized spacial score (nSPS) is 15.2. The first-order chi connectivity index (χ1) is 14.9. The predicted octanol–water partition coefficient (Wildman–Crippen LogP) is 3.22. The number of thiophene rings is 1. The van der Waals surface area contributed by atoms with Gasteiger partial charge in [-0.15, -0.1) is 11.3 Å². The smallest absolute Gasteiger partial charge is 0.263 e. The zero-order chi connectivity index (χ0) is 22.0. The van der Waals surface area contributed by atoms with Gasteiger partial charge in [0.2, 0.25) is 10.0 Å². The molecule has 1 saturated heterocycles. The van der Waals surface area contributed by atoms with Gasteiger partial charge in [0.15, 0.2) is 0 Å². The van der Waals surface area contributed by atoms with Crippen LogP contribution in [0.3, 0.4) is 0 Å². The van der Waals surface area contributed by atoms with E-state index in [2.05, 4.69) is 10.4 Å². The molecule has 3 aromatic rings. The number of thioether (sulfide) groups is 1. The van der Waals surface area contributed by atoms with Crippen LogP contribution in [0.1, 0.15) is 26.6 Å². The topological polar surface area (TPSA) is 84.3 Å². The number of rotatable bonds is 6. The molecule has 1 aromatic carbocycles. The summed E-state index contributed by atoms with van der Waals surface area (Å²) in [5, 5.41) is 9.15. The Kier molecular flexibility index (Phi) is 6.52. The molecule has 0 bridgehead atoms. The number of carbonyl (C=O) groups excluding carboxylic acids is 1. The Morgan fingerprint density at radius 2 is 1.84 bits per heavy atom. The van der Waals surface area contributed by atoms with Gasteiger partial charge in [-0.25, -0.2) is 13.1 Å². The molecule has 0 atom stereocenters. The molecule has 1 aliphatic rings. The fourth-order valence-electron chi connectivity index (χ4n) is 3.59. The maximum atomic E-state index is 13.0. The number of hydrogen-bond donors (Lipinski definition) is 1. The summed E-state index contributed by atoms with van der Waals surface area (Å²) in [5.41, 5.74) is 3.64. The molecule has 0 saturated carbocycles. The molecular weight excluding hydrogens is 452 g/mol. The van der Waals surface area contributed by atoms with Gasteiger partial charge in [-0.1, -0.05) is 18.2 Å². The summed E-state index contributed by atoms with van der Waals surface area (Å²) in [5.74, 6) is 1.16. The average Bonchev–Trinajstić information content (AvgIpc) is 3.39. The van der Waals surface area contributed by atoms with Gasteiger partial charge in [0, 0.05) is 42.4 Å². The Hall–Kier alpha value is -2.14. The molecule has 4 rings (SSSR count). The average molecular weight is 477 g/mol. The predicted molar refractivity (Wildman–Crippen MR) is 125 cm³/mol. The number of nitrogens with zero attached hydrogens (tertiary/aromatic N) is 3. The maximum absolute atomic E-state index is 13.0. The second-order valence-electron chi connectivity index (χ2n) is 7.21. The molecule has 1 fully saturated rings. The summed E-state index contributed by atoms with van der Waals surface area (Å²) >= 11 is 2.89. The minimum absolute atomic E-state index is 0.0929. The van der Waals surface area contributed by atoms with Crippen molar-refractivity contribution >= 4 is 39.0 Å². The van der Waals surface area contributed by atoms with Gasteiger partial charge in [-0.3, -0.25) is 4.79 Å². The van der Waals surface area contributed by atoms with Crippen molar-refractivity contribution in [1.29, 1.82) is 0 Å². The van der Waals surface area contributed by atoms with E-state index in [0.717, 1.165) is 45.5 Å². The number of carbonyl (C=O) groups is 1. The van der Waals surface area contributed by atoms with Crippen LogP contribution in [0, 0.1) is 13.8 Å². The van der Waals surface area contributed by atoms with Gasteiger partial charge in [0.1, 0.15) is 9.77 Å². The number of aromatic nitrogens is 2. The van der Waals surface area contributed by atoms with Crippen LogP contribution in [0.25, 0.3) is 5.69 Å². The molecule has 1 amide bonds. The fourth-order valence-corrected chi connectivity index (χ4v) is 7.49. The zero-order valence-corrected chi connectivity index (χ0v) is 19.8. The molecule has 31 heavy (non-hydrogen) atoms. The summed E-state index contributed by atoms with van der Waals surface area (Å²) in [6, 6.07) is 11.3. The SMILES string of the molecule is Cc1nn(-c2ccccc2)c(C)c1CNC(=O)c1sccc1S(=O)(=O)N1CCSCC1. The number of sulfonamides is 1. The van der Waals surface area contributed by atoms with E-state index in [-0.39, 0.29) is 22.2 Å². The Labute approximate surface area is 190 Å². The van der Waals surface area contributed by atoms with Gasteiger partial charge in [-0.05, 0) is 37.4 Å². The van der Waals surface area contributed by atoms with Crippen molar-refractivity contribution in [3.05, 3.63) is 63.6 Å². The minimum atomic E-state index is -3.67. The van der Waals surface area contributed by atoms with Crippen LogP contribution in [-0.4, -0.2) is 53.0 Å². The third kappa shape index (κ3) is 4.43. The summed E-state index contributed by atoms with van der Waals surface area (Å²) in [7, 11) is -3.67. The number of para-hydroxylation sites is 1. The van der Waals surface area contributed by atoms with E-state index < -0.39 is 10.0 Å². The minimum Gasteiger partial charge on any atom is -0.347 e. The molecule has 1 N–H and O–H groups in total. The monoisotopic (exact) mass is 476 g/mol. The molecule has 1 aliphatic heterocycles. The lowest BCUT2D eigenvalue weighted by Gasteiger charge is -2.25. The van der Waals surface area contributed by atoms with E-state index in [0.29, 0.717) is 13.1 Å². The second kappa shape index (κ2) is 9.15. The number of amides is 1. The highest BCUT2D eigenvalue weighted by molar-refractivity contribution is 7.99. The number of hydrogen-bond acceptors (Lipinski definition) is 6. The van der Waals surface area contributed by atoms with Crippen LogP contribution < -0.4 is 5.32 Å². The highest BCUT2D eigenvalue weighted by Crippen LogP contribution is 2.27. The Bertz CT molecular complexity index is 1180. The van der Waals surface area contributed by atoms with Gasteiger partial charge in [0.25, 0.3) is 5.91 Å². The third-order valence-electron chi connectivity index (χ3n) is 5.29. The molecule has 0 aliphatic carbocycles. The van der Waals surface area contributed by atoms with E-state index in [1.807, 2.05) is 48.9 Å². The molecule has 164 valence electrons. The number of aryl methyl sites for hydroxylation is 1. The van der Waals surface area contributed by atoms with Crippen molar-refractivity contribution in [3.8, 4) is 5.69 Å². The lowest BCUT2D eigenvalue weighted by atomic mass is 10.2. The van der Waals surface area contributed by atoms with Crippen LogP contribution in [0.15, 0.2) is 46.7 Å². The first-order valence-electron chi connectivity index (χ1n) is 9.93. The van der Waals surface area contributed by atoms with Crippen molar-refractivity contribution < 1.29 is 13.2 Å². The van der Waals surface area contributed by atoms with Crippen LogP contribution in [0.5, 0.6) is 0 Å². The van der Waals surface area contributed by atoms with Gasteiger partial charge in [-0.2, -0.15) is 21.2 Å². The van der Waals surface area contributed by atoms with Crippen LogP contribution in [0.4, 0.5) is 0 Å². The van der Waals surface area contributed by atoms with Gasteiger partial charge in [0.05, 0.1) is 11.4 Å². The number of benzene rings is 1. The molecule has 0 radical (unpaired) electrons. The van der Waals surface area contributed by atoms with Crippen molar-refractivity contribution in [3.63, 3.8) is 0 Å². The summed E-state index contributed by atoms with van der Waals surface area (Å²) in [6.45, 7) is 5.09. The number of nitrogens with one attached hydrogen (secondary N) is 1. The summed E-state index contributed by atoms with van der Waals surface area (Å²) in [4.78, 5) is 13.2. The summed E-state index contributed by atoms with van der Waals surface area (Å²) < 4.78 is 29.4. The first kappa shape index (κ1) is 22.1. The van der Waals surface area contributed by atoms with Crippen LogP contribution in [-0.2, 0) is 16.6 Å². The Balaban J connectivity index is 1.52. The Morgan fingerprint density at radius 1 is 1.13 bits per heavy atom. The quantitative estimate of drug-likeness (QED) is 0.591. The van der Waals surface area contributed by atoms with E-state index in [9.17, 15) is 13.2 Å². The highest BCUT2D eigenvalue weighted by Gasteiger charge is 2.31. The van der Waals surface area contributed by atoms with Crippen molar-refractivity contribution in [1.82, 2.24) is 19.4 Å². The fraction of sp³-hybridized carbons (Fsp3) is 0.333. The molecular formula is C21H24N4O3S3. The summed E-state index contributed by atoms with van der Waals surface area (Å²) in [6.07, 6.45) is 0. The molecule has 3 heterocycles. The first-order valence-corrected chi connectivity index (χ1v) is 13.4. The van der Waals surface area contributed by atoms with E-state index in [4.69, 9.17) is 0 Å². The van der Waals surface area contributed by atoms with Crippen molar-refractivity contribution in [2.45, 2.75) is 25.3 Å². The largest absolute Gasteiger partial charge is 0.347 e. The zero-order valence-electron chi connectivity index (χ0n) is 17.4. The molecule has 10 heteroatoms. The van der Waals surface area contributed by atoms with Crippen LogP contribution >= 0.6 is 23.1 Å². The van der Waals surface area contributed by atoms with Crippen LogP contribution in [0.2, 0.25) is 0 Å². The standard InChI is InChI=1S/C21H24N4O3S3/c1-15-18(16(2)25(23-15)17-6-4-3-5-7-17)14-22-21(26)20-19(8-11-30-20)31(27,28)24-9-12-29-13-10-24/h3-8,11H,9-10,12-14H2,1-2H3,(H,22,26). The molecule has 7 nitrogen and oxygen atoms in total. The molecule has 0 unspecified atom stereocenters. The lowest BCUT2D eigenvalue weighted by molar-refractivity contribution is 0.0951. The maximum Gasteiger partial charge on any atom is 0.263 e. The van der Waals surface area contributed by atoms with Gasteiger partial charge >= 0.3 is 0 Å². The van der Waals surface area contributed by atoms with Crippen molar-refractivity contribution in [2.24, 2.45) is 0 Å². The third-order valence-corrected chi connectivity index (χ3v) is 9.22. The second-order valence-corrected chi connectivity index (χ2v) is 11.3. The Morgan fingerprint density at radius 3 is 2.55 bits per heavy atom. The van der Waals surface area contributed by atoms with E-state index >= 15 is 0 Å².